The van der Waals surface area contributed by atoms with Crippen LogP contribution in [0.3, 0.4) is 0 Å². The fourth-order valence-electron chi connectivity index (χ4n) is 3.06. The van der Waals surface area contributed by atoms with E-state index in [4.69, 9.17) is 4.74 Å². The van der Waals surface area contributed by atoms with Gasteiger partial charge in [0.2, 0.25) is 0 Å². The van der Waals surface area contributed by atoms with Crippen LogP contribution in [0, 0.1) is 0 Å². The summed E-state index contributed by atoms with van der Waals surface area (Å²) in [6.45, 7) is 8.44. The Kier molecular flexibility index (Phi) is 4.16. The highest BCUT2D eigenvalue weighted by molar-refractivity contribution is 5.33. The first-order valence-corrected chi connectivity index (χ1v) is 7.50. The van der Waals surface area contributed by atoms with Gasteiger partial charge in [-0.15, -0.1) is 0 Å². The Morgan fingerprint density at radius 2 is 2.32 bits per heavy atom. The molecular weight excluding hydrogens is 236 g/mol. The lowest BCUT2D eigenvalue weighted by molar-refractivity contribution is -0.0324. The van der Waals surface area contributed by atoms with E-state index in [0.29, 0.717) is 6.10 Å². The zero-order chi connectivity index (χ0) is 13.1. The average molecular weight is 260 g/mol. The molecule has 0 aromatic heterocycles. The Labute approximate surface area is 115 Å². The average Bonchev–Trinajstić information content (AvgIpc) is 2.47. The summed E-state index contributed by atoms with van der Waals surface area (Å²) >= 11 is 0. The lowest BCUT2D eigenvalue weighted by atomic mass is 9.98. The van der Waals surface area contributed by atoms with Crippen LogP contribution in [0.25, 0.3) is 0 Å². The molecule has 2 heterocycles. The van der Waals surface area contributed by atoms with E-state index >= 15 is 0 Å². The van der Waals surface area contributed by atoms with Gasteiger partial charge >= 0.3 is 0 Å². The molecule has 1 unspecified atom stereocenters. The van der Waals surface area contributed by atoms with E-state index in [0.717, 1.165) is 45.8 Å². The van der Waals surface area contributed by atoms with Crippen molar-refractivity contribution < 1.29 is 4.74 Å². The van der Waals surface area contributed by atoms with E-state index < -0.39 is 0 Å². The Morgan fingerprint density at radius 3 is 3.21 bits per heavy atom. The molecule has 3 nitrogen and oxygen atoms in total. The second-order valence-electron chi connectivity index (χ2n) is 5.67. The van der Waals surface area contributed by atoms with Crippen molar-refractivity contribution in [1.29, 1.82) is 0 Å². The predicted molar refractivity (Wildman–Crippen MR) is 77.2 cm³/mol. The van der Waals surface area contributed by atoms with Gasteiger partial charge in [0, 0.05) is 26.2 Å². The van der Waals surface area contributed by atoms with E-state index in [2.05, 4.69) is 35.3 Å². The number of morpholine rings is 1. The molecule has 19 heavy (non-hydrogen) atoms. The van der Waals surface area contributed by atoms with Gasteiger partial charge in [-0.05, 0) is 36.1 Å². The van der Waals surface area contributed by atoms with Gasteiger partial charge in [0.15, 0.2) is 0 Å². The van der Waals surface area contributed by atoms with Crippen LogP contribution in [0.5, 0.6) is 0 Å². The molecule has 1 saturated heterocycles. The highest BCUT2D eigenvalue weighted by Gasteiger charge is 2.19. The number of benzene rings is 1. The van der Waals surface area contributed by atoms with E-state index in [-0.39, 0.29) is 0 Å². The van der Waals surface area contributed by atoms with Gasteiger partial charge in [-0.25, -0.2) is 0 Å². The van der Waals surface area contributed by atoms with E-state index in [9.17, 15) is 0 Å². The Hall–Kier alpha value is -0.900. The normalized spacial score (nSPS) is 24.2. The predicted octanol–water partition coefficient (Wildman–Crippen LogP) is 1.94. The minimum atomic E-state index is 0.424. The van der Waals surface area contributed by atoms with Crippen LogP contribution in [0.4, 0.5) is 0 Å². The van der Waals surface area contributed by atoms with Crippen molar-refractivity contribution in [1.82, 2.24) is 10.2 Å². The first-order valence-electron chi connectivity index (χ1n) is 7.50. The summed E-state index contributed by atoms with van der Waals surface area (Å²) < 4.78 is 5.73. The minimum absolute atomic E-state index is 0.424. The third-order valence-electron chi connectivity index (χ3n) is 4.24. The summed E-state index contributed by atoms with van der Waals surface area (Å²) in [5.41, 5.74) is 4.46. The molecule has 1 fully saturated rings. The largest absolute Gasteiger partial charge is 0.376 e. The summed E-state index contributed by atoms with van der Waals surface area (Å²) in [6.07, 6.45) is 2.71. The topological polar surface area (TPSA) is 24.5 Å². The van der Waals surface area contributed by atoms with E-state index in [1.807, 2.05) is 0 Å². The Morgan fingerprint density at radius 1 is 1.37 bits per heavy atom. The molecule has 104 valence electrons. The Bertz CT molecular complexity index is 433. The number of hydrogen-bond acceptors (Lipinski definition) is 3. The quantitative estimate of drug-likeness (QED) is 0.899. The first-order chi connectivity index (χ1) is 9.35. The van der Waals surface area contributed by atoms with Gasteiger partial charge in [0.1, 0.15) is 0 Å². The lowest BCUT2D eigenvalue weighted by Crippen LogP contribution is -2.41. The van der Waals surface area contributed by atoms with Gasteiger partial charge in [-0.3, -0.25) is 4.90 Å². The van der Waals surface area contributed by atoms with Crippen LogP contribution in [0.15, 0.2) is 18.2 Å². The van der Waals surface area contributed by atoms with Crippen LogP contribution in [-0.4, -0.2) is 37.2 Å². The van der Waals surface area contributed by atoms with Crippen molar-refractivity contribution in [3.8, 4) is 0 Å². The smallest absolute Gasteiger partial charge is 0.0700 e. The van der Waals surface area contributed by atoms with Crippen molar-refractivity contribution in [3.63, 3.8) is 0 Å². The minimum Gasteiger partial charge on any atom is -0.376 e. The second kappa shape index (κ2) is 6.04. The van der Waals surface area contributed by atoms with Gasteiger partial charge in [0.05, 0.1) is 12.7 Å². The van der Waals surface area contributed by atoms with Crippen LogP contribution < -0.4 is 5.32 Å². The number of ether oxygens (including phenoxy) is 1. The molecule has 3 heteroatoms. The summed E-state index contributed by atoms with van der Waals surface area (Å²) in [6, 6.07) is 7.02. The van der Waals surface area contributed by atoms with Gasteiger partial charge in [-0.1, -0.05) is 25.1 Å². The van der Waals surface area contributed by atoms with Crippen LogP contribution >= 0.6 is 0 Å². The lowest BCUT2D eigenvalue weighted by Gasteiger charge is -2.32. The summed E-state index contributed by atoms with van der Waals surface area (Å²) in [5.74, 6) is 0. The molecule has 0 amide bonds. The number of nitrogens with zero attached hydrogens (tertiary/aromatic N) is 1. The highest BCUT2D eigenvalue weighted by atomic mass is 16.5. The van der Waals surface area contributed by atoms with Crippen LogP contribution in [0.2, 0.25) is 0 Å². The summed E-state index contributed by atoms with van der Waals surface area (Å²) in [7, 11) is 0. The number of hydrogen-bond donors (Lipinski definition) is 1. The van der Waals surface area contributed by atoms with Crippen molar-refractivity contribution in [2.75, 3.05) is 26.2 Å². The van der Waals surface area contributed by atoms with Crippen molar-refractivity contribution in [2.45, 2.75) is 39.0 Å². The van der Waals surface area contributed by atoms with Gasteiger partial charge in [0.25, 0.3) is 0 Å². The maximum Gasteiger partial charge on any atom is 0.0700 e. The maximum atomic E-state index is 5.73. The fourth-order valence-corrected chi connectivity index (χ4v) is 3.06. The zero-order valence-electron chi connectivity index (χ0n) is 11.8. The third kappa shape index (κ3) is 3.16. The van der Waals surface area contributed by atoms with Crippen LogP contribution in [0.1, 0.15) is 30.0 Å². The highest BCUT2D eigenvalue weighted by Crippen LogP contribution is 2.18. The van der Waals surface area contributed by atoms with Crippen molar-refractivity contribution in [2.24, 2.45) is 0 Å². The molecule has 1 aromatic carbocycles. The fraction of sp³-hybridized carbons (Fsp3) is 0.625. The molecule has 1 N–H and O–H groups in total. The van der Waals surface area contributed by atoms with Crippen molar-refractivity contribution in [3.05, 3.63) is 34.9 Å². The third-order valence-corrected chi connectivity index (χ3v) is 4.24. The van der Waals surface area contributed by atoms with Crippen LogP contribution in [-0.2, 0) is 24.2 Å². The molecular formula is C16H24N2O. The molecule has 1 aromatic rings. The zero-order valence-corrected chi connectivity index (χ0v) is 11.8. The summed E-state index contributed by atoms with van der Waals surface area (Å²) in [5, 5.41) is 3.45. The standard InChI is InChI=1S/C16H24N2O/c1-2-16-12-18(7-8-19-16)11-13-3-4-14-5-6-17-10-15(14)9-13/h3-4,9,16-17H,2,5-8,10-12H2,1H3. The van der Waals surface area contributed by atoms with E-state index in [1.54, 1.807) is 0 Å². The van der Waals surface area contributed by atoms with E-state index in [1.165, 1.54) is 23.1 Å². The maximum absolute atomic E-state index is 5.73. The molecule has 3 rings (SSSR count). The molecule has 0 spiro atoms. The number of nitrogens with one attached hydrogen (secondary N) is 1. The van der Waals surface area contributed by atoms with Gasteiger partial charge < -0.3 is 10.1 Å². The first kappa shape index (κ1) is 13.1. The molecule has 2 aliphatic rings. The Balaban J connectivity index is 1.66. The molecule has 0 radical (unpaired) electrons. The number of fused-ring (bicyclic) bond motifs is 1. The van der Waals surface area contributed by atoms with Crippen molar-refractivity contribution >= 4 is 0 Å². The molecule has 0 aliphatic carbocycles. The summed E-state index contributed by atoms with van der Waals surface area (Å²) in [4.78, 5) is 2.52. The SMILES string of the molecule is CCC1CN(Cc2ccc3c(c2)CNCC3)CCO1. The number of rotatable bonds is 3. The molecule has 0 saturated carbocycles. The van der Waals surface area contributed by atoms with Gasteiger partial charge in [-0.2, -0.15) is 0 Å². The second-order valence-corrected chi connectivity index (χ2v) is 5.67. The molecule has 1 atom stereocenters. The monoisotopic (exact) mass is 260 g/mol. The molecule has 2 aliphatic heterocycles. The molecule has 0 bridgehead atoms.